The van der Waals surface area contributed by atoms with Crippen LogP contribution in [0.1, 0.15) is 11.1 Å². The highest BCUT2D eigenvalue weighted by Gasteiger charge is 2.12. The number of nitro benzene ring substituents is 1. The fourth-order valence-electron chi connectivity index (χ4n) is 2.77. The molecule has 32 heavy (non-hydrogen) atoms. The maximum absolute atomic E-state index is 12.3. The van der Waals surface area contributed by atoms with Crippen molar-refractivity contribution in [1.29, 1.82) is 0 Å². The number of carbonyl (C=O) groups excluding carboxylic acids is 1. The summed E-state index contributed by atoms with van der Waals surface area (Å²) in [6.07, 6.45) is 2.99. The van der Waals surface area contributed by atoms with Gasteiger partial charge >= 0.3 is 0 Å². The third kappa shape index (κ3) is 6.18. The second-order valence-electron chi connectivity index (χ2n) is 6.55. The molecule has 0 aliphatic rings. The Kier molecular flexibility index (Phi) is 8.02. The van der Waals surface area contributed by atoms with E-state index < -0.39 is 4.92 Å². The number of nitrogens with zero attached hydrogens (tertiary/aromatic N) is 1. The number of hydrogen-bond acceptors (Lipinski definition) is 5. The molecule has 0 fully saturated rings. The van der Waals surface area contributed by atoms with E-state index >= 15 is 0 Å². The molecule has 0 saturated carbocycles. The zero-order chi connectivity index (χ0) is 23.1. The number of carbonyl (C=O) groups is 1. The van der Waals surface area contributed by atoms with Gasteiger partial charge in [0.05, 0.1) is 22.2 Å². The smallest absolute Gasteiger partial charge is 0.270 e. The van der Waals surface area contributed by atoms with Crippen molar-refractivity contribution in [2.45, 2.75) is 6.61 Å². The Bertz CT molecular complexity index is 1170. The zero-order valence-corrected chi connectivity index (χ0v) is 20.1. The number of nitrogens with one attached hydrogen (secondary N) is 1. The van der Waals surface area contributed by atoms with Gasteiger partial charge in [-0.3, -0.25) is 14.9 Å². The second kappa shape index (κ2) is 10.9. The number of methoxy groups -OCH3 is 1. The van der Waals surface area contributed by atoms with Crippen molar-refractivity contribution in [3.05, 3.63) is 96.9 Å². The molecule has 3 rings (SSSR count). The lowest BCUT2D eigenvalue weighted by atomic mass is 10.2. The fraction of sp³-hybridized carbons (Fsp3) is 0.0870. The van der Waals surface area contributed by atoms with Crippen LogP contribution in [-0.2, 0) is 11.4 Å². The summed E-state index contributed by atoms with van der Waals surface area (Å²) in [7, 11) is 1.55. The predicted octanol–water partition coefficient (Wildman–Crippen LogP) is 6.36. The molecule has 0 aromatic heterocycles. The molecule has 3 aromatic rings. The van der Waals surface area contributed by atoms with E-state index in [0.29, 0.717) is 32.7 Å². The van der Waals surface area contributed by atoms with Crippen molar-refractivity contribution in [1.82, 2.24) is 0 Å². The summed E-state index contributed by atoms with van der Waals surface area (Å²) in [5.41, 5.74) is 2.10. The van der Waals surface area contributed by atoms with Crippen LogP contribution in [0.3, 0.4) is 0 Å². The summed E-state index contributed by atoms with van der Waals surface area (Å²) in [5.74, 6) is 0.695. The number of anilines is 1. The summed E-state index contributed by atoms with van der Waals surface area (Å²) in [5, 5.41) is 13.5. The van der Waals surface area contributed by atoms with Gasteiger partial charge in [0.2, 0.25) is 5.91 Å². The van der Waals surface area contributed by atoms with E-state index in [9.17, 15) is 14.9 Å². The normalized spacial score (nSPS) is 10.7. The minimum Gasteiger partial charge on any atom is -0.493 e. The van der Waals surface area contributed by atoms with E-state index in [2.05, 4.69) is 37.2 Å². The van der Waals surface area contributed by atoms with Crippen LogP contribution in [0.4, 0.5) is 11.4 Å². The number of rotatable bonds is 8. The summed E-state index contributed by atoms with van der Waals surface area (Å²) >= 11 is 6.73. The van der Waals surface area contributed by atoms with Crippen LogP contribution in [0.5, 0.6) is 11.5 Å². The van der Waals surface area contributed by atoms with E-state index in [1.165, 1.54) is 24.3 Å². The lowest BCUT2D eigenvalue weighted by molar-refractivity contribution is -0.384. The minimum absolute atomic E-state index is 0.0723. The third-order valence-corrected chi connectivity index (χ3v) is 5.57. The SMILES string of the molecule is COc1cc(/C=C/C(=O)Nc2ccc([N+](=O)[O-])cc2Br)cc(Br)c1OCc1ccccc1. The molecule has 0 spiro atoms. The van der Waals surface area contributed by atoms with Crippen LogP contribution in [0.25, 0.3) is 6.08 Å². The largest absolute Gasteiger partial charge is 0.493 e. The quantitative estimate of drug-likeness (QED) is 0.196. The Morgan fingerprint density at radius 1 is 1.09 bits per heavy atom. The highest BCUT2D eigenvalue weighted by atomic mass is 79.9. The van der Waals surface area contributed by atoms with Crippen LogP contribution in [0, 0.1) is 10.1 Å². The van der Waals surface area contributed by atoms with Gasteiger partial charge in [0, 0.05) is 22.7 Å². The number of nitro groups is 1. The standard InChI is InChI=1S/C23H18Br2N2O5/c1-31-21-12-16(11-19(25)23(21)32-14-15-5-3-2-4-6-15)7-10-22(28)26-20-9-8-17(27(29)30)13-18(20)24/h2-13H,14H2,1H3,(H,26,28)/b10-7+. The first kappa shape index (κ1) is 23.5. The molecule has 7 nitrogen and oxygen atoms in total. The van der Waals surface area contributed by atoms with Gasteiger partial charge in [-0.15, -0.1) is 0 Å². The molecule has 1 amide bonds. The van der Waals surface area contributed by atoms with Gasteiger partial charge < -0.3 is 14.8 Å². The molecule has 0 bridgehead atoms. The van der Waals surface area contributed by atoms with Crippen molar-refractivity contribution in [2.75, 3.05) is 12.4 Å². The Morgan fingerprint density at radius 3 is 2.50 bits per heavy atom. The first-order valence-corrected chi connectivity index (χ1v) is 10.9. The van der Waals surface area contributed by atoms with Gasteiger partial charge in [-0.05, 0) is 67.3 Å². The van der Waals surface area contributed by atoms with Gasteiger partial charge in [-0.1, -0.05) is 30.3 Å². The molecule has 0 aliphatic carbocycles. The molecule has 0 atom stereocenters. The number of amides is 1. The highest BCUT2D eigenvalue weighted by molar-refractivity contribution is 9.11. The van der Waals surface area contributed by atoms with Crippen LogP contribution in [0.15, 0.2) is 75.7 Å². The first-order valence-electron chi connectivity index (χ1n) is 9.34. The molecule has 1 N–H and O–H groups in total. The van der Waals surface area contributed by atoms with E-state index in [-0.39, 0.29) is 11.6 Å². The van der Waals surface area contributed by atoms with Crippen molar-refractivity contribution in [3.8, 4) is 11.5 Å². The van der Waals surface area contributed by atoms with E-state index in [0.717, 1.165) is 11.1 Å². The van der Waals surface area contributed by atoms with Gasteiger partial charge in [0.1, 0.15) is 6.61 Å². The molecule has 0 unspecified atom stereocenters. The van der Waals surface area contributed by atoms with E-state index in [4.69, 9.17) is 9.47 Å². The number of non-ortho nitro benzene ring substituents is 1. The average Bonchev–Trinajstić information content (AvgIpc) is 2.78. The predicted molar refractivity (Wildman–Crippen MR) is 130 cm³/mol. The fourth-order valence-corrected chi connectivity index (χ4v) is 3.81. The number of ether oxygens (including phenoxy) is 2. The molecule has 164 valence electrons. The number of benzene rings is 3. The Labute approximate surface area is 201 Å². The lowest BCUT2D eigenvalue weighted by Gasteiger charge is -2.13. The molecule has 3 aromatic carbocycles. The molecule has 9 heteroatoms. The third-order valence-electron chi connectivity index (χ3n) is 4.33. The minimum atomic E-state index is -0.505. The summed E-state index contributed by atoms with van der Waals surface area (Å²) in [4.78, 5) is 22.6. The van der Waals surface area contributed by atoms with E-state index in [1.54, 1.807) is 19.3 Å². The molecule has 0 radical (unpaired) electrons. The molecular weight excluding hydrogens is 544 g/mol. The van der Waals surface area contributed by atoms with Crippen molar-refractivity contribution in [2.24, 2.45) is 0 Å². The van der Waals surface area contributed by atoms with Crippen LogP contribution in [-0.4, -0.2) is 17.9 Å². The van der Waals surface area contributed by atoms with Crippen LogP contribution >= 0.6 is 31.9 Å². The lowest BCUT2D eigenvalue weighted by Crippen LogP contribution is -2.08. The summed E-state index contributed by atoms with van der Waals surface area (Å²) in [6.45, 7) is 0.386. The first-order chi connectivity index (χ1) is 15.4. The van der Waals surface area contributed by atoms with E-state index in [1.807, 2.05) is 36.4 Å². The number of halogens is 2. The average molecular weight is 562 g/mol. The molecule has 0 saturated heterocycles. The molecular formula is C23H18Br2N2O5. The monoisotopic (exact) mass is 560 g/mol. The van der Waals surface area contributed by atoms with Gasteiger partial charge in [0.15, 0.2) is 11.5 Å². The van der Waals surface area contributed by atoms with Crippen molar-refractivity contribution in [3.63, 3.8) is 0 Å². The Hall–Kier alpha value is -3.17. The zero-order valence-electron chi connectivity index (χ0n) is 16.9. The maximum atomic E-state index is 12.3. The second-order valence-corrected chi connectivity index (χ2v) is 8.26. The Morgan fingerprint density at radius 2 is 1.84 bits per heavy atom. The van der Waals surface area contributed by atoms with Gasteiger partial charge in [-0.25, -0.2) is 0 Å². The topological polar surface area (TPSA) is 90.7 Å². The summed E-state index contributed by atoms with van der Waals surface area (Å²) < 4.78 is 12.5. The number of hydrogen-bond donors (Lipinski definition) is 1. The highest BCUT2D eigenvalue weighted by Crippen LogP contribution is 2.37. The van der Waals surface area contributed by atoms with Gasteiger partial charge in [0.25, 0.3) is 5.69 Å². The molecule has 0 aliphatic heterocycles. The molecule has 0 heterocycles. The van der Waals surface area contributed by atoms with Crippen molar-refractivity contribution >= 4 is 55.2 Å². The Balaban J connectivity index is 1.70. The van der Waals surface area contributed by atoms with Crippen molar-refractivity contribution < 1.29 is 19.2 Å². The van der Waals surface area contributed by atoms with Crippen LogP contribution in [0.2, 0.25) is 0 Å². The van der Waals surface area contributed by atoms with Gasteiger partial charge in [-0.2, -0.15) is 0 Å². The van der Waals surface area contributed by atoms with Crippen LogP contribution < -0.4 is 14.8 Å². The summed E-state index contributed by atoms with van der Waals surface area (Å²) in [6, 6.07) is 17.5. The maximum Gasteiger partial charge on any atom is 0.270 e.